The van der Waals surface area contributed by atoms with Crippen molar-refractivity contribution in [3.05, 3.63) is 71.2 Å². The predicted molar refractivity (Wildman–Crippen MR) is 77.5 cm³/mol. The lowest BCUT2D eigenvalue weighted by Crippen LogP contribution is -2.23. The molecule has 0 saturated carbocycles. The summed E-state index contributed by atoms with van der Waals surface area (Å²) in [4.78, 5) is 16.3. The minimum absolute atomic E-state index is 0.0684. The van der Waals surface area contributed by atoms with Gasteiger partial charge in [-0.05, 0) is 37.3 Å². The number of rotatable bonds is 3. The van der Waals surface area contributed by atoms with Crippen molar-refractivity contribution in [1.82, 2.24) is 14.7 Å². The number of aryl methyl sites for hydroxylation is 1. The molecule has 1 amide bonds. The van der Waals surface area contributed by atoms with E-state index in [1.807, 2.05) is 35.7 Å². The highest BCUT2D eigenvalue weighted by Crippen LogP contribution is 2.10. The van der Waals surface area contributed by atoms with Crippen molar-refractivity contribution >= 4 is 11.6 Å². The molecule has 0 fully saturated rings. The van der Waals surface area contributed by atoms with Gasteiger partial charge in [-0.3, -0.25) is 4.79 Å². The van der Waals surface area contributed by atoms with E-state index in [1.54, 1.807) is 0 Å². The average Bonchev–Trinajstić information content (AvgIpc) is 2.92. The number of amides is 1. The van der Waals surface area contributed by atoms with E-state index in [9.17, 15) is 13.6 Å². The van der Waals surface area contributed by atoms with Gasteiger partial charge >= 0.3 is 0 Å². The summed E-state index contributed by atoms with van der Waals surface area (Å²) in [5, 5.41) is 2.64. The maximum Gasteiger partial charge on any atom is 0.251 e. The third-order valence-corrected chi connectivity index (χ3v) is 3.36. The van der Waals surface area contributed by atoms with Gasteiger partial charge in [0.05, 0.1) is 12.2 Å². The number of imidazole rings is 1. The highest BCUT2D eigenvalue weighted by molar-refractivity contribution is 5.94. The van der Waals surface area contributed by atoms with Crippen molar-refractivity contribution in [2.24, 2.45) is 0 Å². The molecule has 0 spiro atoms. The lowest BCUT2D eigenvalue weighted by atomic mass is 10.2. The number of aromatic nitrogens is 2. The lowest BCUT2D eigenvalue weighted by molar-refractivity contribution is 0.0950. The molecule has 3 rings (SSSR count). The van der Waals surface area contributed by atoms with E-state index in [1.165, 1.54) is 6.07 Å². The summed E-state index contributed by atoms with van der Waals surface area (Å²) >= 11 is 0. The number of pyridine rings is 1. The number of hydrogen-bond donors (Lipinski definition) is 1. The van der Waals surface area contributed by atoms with E-state index in [-0.39, 0.29) is 12.1 Å². The second kappa shape index (κ2) is 5.55. The summed E-state index contributed by atoms with van der Waals surface area (Å²) in [6.45, 7) is 2.16. The molecular formula is C16H13F2N3O. The molecule has 0 atom stereocenters. The van der Waals surface area contributed by atoms with Gasteiger partial charge in [-0.2, -0.15) is 0 Å². The molecule has 0 aliphatic carbocycles. The van der Waals surface area contributed by atoms with Gasteiger partial charge in [-0.25, -0.2) is 13.8 Å². The fourth-order valence-corrected chi connectivity index (χ4v) is 2.19. The van der Waals surface area contributed by atoms with Crippen LogP contribution in [0.1, 0.15) is 21.7 Å². The number of hydrogen-bond acceptors (Lipinski definition) is 2. The van der Waals surface area contributed by atoms with Crippen LogP contribution in [0, 0.1) is 18.6 Å². The number of fused-ring (bicyclic) bond motifs is 1. The molecule has 0 bridgehead atoms. The van der Waals surface area contributed by atoms with E-state index in [2.05, 4.69) is 10.3 Å². The Hall–Kier alpha value is -2.76. The molecular weight excluding hydrogens is 288 g/mol. The SMILES string of the molecule is Cc1cccc2nc(CNC(=O)c3ccc(F)c(F)c3)cn12. The van der Waals surface area contributed by atoms with E-state index in [0.29, 0.717) is 5.69 Å². The van der Waals surface area contributed by atoms with Crippen molar-refractivity contribution in [3.63, 3.8) is 0 Å². The number of halogens is 2. The standard InChI is InChI=1S/C16H13F2N3O/c1-10-3-2-4-15-20-12(9-21(10)15)8-19-16(22)11-5-6-13(17)14(18)7-11/h2-7,9H,8H2,1H3,(H,19,22). The lowest BCUT2D eigenvalue weighted by Gasteiger charge is -2.03. The Kier molecular flexibility index (Phi) is 3.58. The summed E-state index contributed by atoms with van der Waals surface area (Å²) in [5.74, 6) is -2.50. The normalized spacial score (nSPS) is 10.9. The first kappa shape index (κ1) is 14.2. The van der Waals surface area contributed by atoms with Gasteiger partial charge in [0.2, 0.25) is 0 Å². The zero-order valence-electron chi connectivity index (χ0n) is 11.8. The molecule has 4 nitrogen and oxygen atoms in total. The van der Waals surface area contributed by atoms with Gasteiger partial charge in [0, 0.05) is 17.5 Å². The summed E-state index contributed by atoms with van der Waals surface area (Å²) in [6, 6.07) is 8.77. The topological polar surface area (TPSA) is 46.4 Å². The second-order valence-corrected chi connectivity index (χ2v) is 4.94. The van der Waals surface area contributed by atoms with Crippen LogP contribution in [0.4, 0.5) is 8.78 Å². The molecule has 0 aliphatic heterocycles. The van der Waals surface area contributed by atoms with E-state index in [0.717, 1.165) is 23.5 Å². The van der Waals surface area contributed by atoms with Crippen molar-refractivity contribution in [1.29, 1.82) is 0 Å². The monoisotopic (exact) mass is 301 g/mol. The summed E-state index contributed by atoms with van der Waals surface area (Å²) in [6.07, 6.45) is 1.83. The van der Waals surface area contributed by atoms with Crippen molar-refractivity contribution in [2.75, 3.05) is 0 Å². The third-order valence-electron chi connectivity index (χ3n) is 3.36. The number of benzene rings is 1. The predicted octanol–water partition coefficient (Wildman–Crippen LogP) is 2.85. The summed E-state index contributed by atoms with van der Waals surface area (Å²) < 4.78 is 27.9. The zero-order chi connectivity index (χ0) is 15.7. The second-order valence-electron chi connectivity index (χ2n) is 4.94. The van der Waals surface area contributed by atoms with Gasteiger partial charge < -0.3 is 9.72 Å². The number of carbonyl (C=O) groups excluding carboxylic acids is 1. The molecule has 2 aromatic heterocycles. The average molecular weight is 301 g/mol. The Labute approximate surface area is 125 Å². The Morgan fingerprint density at radius 3 is 2.77 bits per heavy atom. The molecule has 6 heteroatoms. The number of nitrogens with zero attached hydrogens (tertiary/aromatic N) is 2. The molecule has 3 aromatic rings. The van der Waals surface area contributed by atoms with Crippen molar-refractivity contribution < 1.29 is 13.6 Å². The van der Waals surface area contributed by atoms with Crippen molar-refractivity contribution in [2.45, 2.75) is 13.5 Å². The highest BCUT2D eigenvalue weighted by Gasteiger charge is 2.10. The molecule has 1 N–H and O–H groups in total. The van der Waals surface area contributed by atoms with Crippen LogP contribution in [-0.2, 0) is 6.54 Å². The smallest absolute Gasteiger partial charge is 0.251 e. The molecule has 22 heavy (non-hydrogen) atoms. The minimum Gasteiger partial charge on any atom is -0.346 e. The third kappa shape index (κ3) is 2.67. The van der Waals surface area contributed by atoms with Crippen LogP contribution in [0.3, 0.4) is 0 Å². The Bertz CT molecular complexity index is 858. The van der Waals surface area contributed by atoms with E-state index >= 15 is 0 Å². The summed E-state index contributed by atoms with van der Waals surface area (Å²) in [7, 11) is 0. The first-order valence-electron chi connectivity index (χ1n) is 6.71. The molecule has 112 valence electrons. The van der Waals surface area contributed by atoms with Crippen LogP contribution >= 0.6 is 0 Å². The maximum atomic E-state index is 13.1. The van der Waals surface area contributed by atoms with Crippen LogP contribution in [0.25, 0.3) is 5.65 Å². The Morgan fingerprint density at radius 1 is 1.23 bits per heavy atom. The van der Waals surface area contributed by atoms with Crippen LogP contribution < -0.4 is 5.32 Å². The Morgan fingerprint density at radius 2 is 2.05 bits per heavy atom. The van der Waals surface area contributed by atoms with Gasteiger partial charge in [0.25, 0.3) is 5.91 Å². The number of carbonyl (C=O) groups is 1. The highest BCUT2D eigenvalue weighted by atomic mass is 19.2. The number of nitrogens with one attached hydrogen (secondary N) is 1. The van der Waals surface area contributed by atoms with Gasteiger partial charge in [-0.1, -0.05) is 6.07 Å². The van der Waals surface area contributed by atoms with Gasteiger partial charge in [-0.15, -0.1) is 0 Å². The van der Waals surface area contributed by atoms with E-state index < -0.39 is 17.5 Å². The maximum absolute atomic E-state index is 13.1. The molecule has 0 aliphatic rings. The molecule has 0 radical (unpaired) electrons. The fourth-order valence-electron chi connectivity index (χ4n) is 2.19. The quantitative estimate of drug-likeness (QED) is 0.808. The first-order valence-corrected chi connectivity index (χ1v) is 6.71. The minimum atomic E-state index is -1.05. The zero-order valence-corrected chi connectivity index (χ0v) is 11.8. The first-order chi connectivity index (χ1) is 10.5. The molecule has 0 unspecified atom stereocenters. The van der Waals surface area contributed by atoms with Crippen molar-refractivity contribution in [3.8, 4) is 0 Å². The van der Waals surface area contributed by atoms with Crippen LogP contribution in [0.2, 0.25) is 0 Å². The fraction of sp³-hybridized carbons (Fsp3) is 0.125. The van der Waals surface area contributed by atoms with Crippen LogP contribution in [0.15, 0.2) is 42.6 Å². The molecule has 0 saturated heterocycles. The Balaban J connectivity index is 1.74. The van der Waals surface area contributed by atoms with Crippen LogP contribution in [-0.4, -0.2) is 15.3 Å². The molecule has 1 aromatic carbocycles. The summed E-state index contributed by atoms with van der Waals surface area (Å²) in [5.41, 5.74) is 2.57. The van der Waals surface area contributed by atoms with Gasteiger partial charge in [0.15, 0.2) is 11.6 Å². The largest absolute Gasteiger partial charge is 0.346 e. The van der Waals surface area contributed by atoms with Crippen LogP contribution in [0.5, 0.6) is 0 Å². The molecule has 2 heterocycles. The van der Waals surface area contributed by atoms with E-state index in [4.69, 9.17) is 0 Å². The van der Waals surface area contributed by atoms with Gasteiger partial charge in [0.1, 0.15) is 5.65 Å².